The number of aliphatic carboxylic acids is 1. The molecule has 1 heterocycles. The molecule has 0 amide bonds. The van der Waals surface area contributed by atoms with E-state index in [4.69, 9.17) is 14.6 Å². The molecule has 1 aliphatic heterocycles. The summed E-state index contributed by atoms with van der Waals surface area (Å²) in [6.07, 6.45) is -5.12. The van der Waals surface area contributed by atoms with Crippen molar-refractivity contribution >= 4 is 5.97 Å². The third-order valence-electron chi connectivity index (χ3n) is 5.15. The average molecular weight is 396 g/mol. The van der Waals surface area contributed by atoms with Gasteiger partial charge in [-0.15, -0.1) is 0 Å². The zero-order chi connectivity index (χ0) is 20.1. The number of carboxylic acids is 1. The molecular formula is C20H16F4O4. The van der Waals surface area contributed by atoms with Crippen LogP contribution in [-0.2, 0) is 17.4 Å². The molecule has 2 aromatic carbocycles. The predicted molar refractivity (Wildman–Crippen MR) is 90.0 cm³/mol. The molecule has 0 saturated carbocycles. The van der Waals surface area contributed by atoms with Crippen LogP contribution in [0.25, 0.3) is 0 Å². The standard InChI is InChI=1S/C20H16F4O4/c21-15-5-4-14(20(22,23)24)13-3-6-16(19(13)15)28-11-1-2-12-10(7-18(25)26)9-27-17(12)8-11/h1-2,4-5,8,10,16H,3,6-7,9H2,(H,25,26)/t10?,16-/m1/s1. The number of ether oxygens (including phenoxy) is 2. The van der Waals surface area contributed by atoms with Crippen molar-refractivity contribution in [2.24, 2.45) is 0 Å². The minimum absolute atomic E-state index is 0.0556. The molecule has 0 bridgehead atoms. The molecule has 4 nitrogen and oxygen atoms in total. The number of hydrogen-bond donors (Lipinski definition) is 1. The molecule has 1 N–H and O–H groups in total. The molecule has 148 valence electrons. The van der Waals surface area contributed by atoms with Crippen LogP contribution in [0.4, 0.5) is 17.6 Å². The van der Waals surface area contributed by atoms with Gasteiger partial charge in [0.25, 0.3) is 0 Å². The Bertz CT molecular complexity index is 939. The van der Waals surface area contributed by atoms with Crippen molar-refractivity contribution in [2.45, 2.75) is 37.5 Å². The minimum Gasteiger partial charge on any atom is -0.492 e. The van der Waals surface area contributed by atoms with Crippen LogP contribution < -0.4 is 9.47 Å². The summed E-state index contributed by atoms with van der Waals surface area (Å²) in [6.45, 7) is 0.237. The second-order valence-corrected chi connectivity index (χ2v) is 6.94. The maximum atomic E-state index is 14.3. The van der Waals surface area contributed by atoms with E-state index in [1.807, 2.05) is 0 Å². The number of hydrogen-bond acceptors (Lipinski definition) is 3. The van der Waals surface area contributed by atoms with Crippen molar-refractivity contribution in [1.82, 2.24) is 0 Å². The summed E-state index contributed by atoms with van der Waals surface area (Å²) in [5, 5.41) is 8.95. The third-order valence-corrected chi connectivity index (χ3v) is 5.15. The van der Waals surface area contributed by atoms with Gasteiger partial charge in [0.1, 0.15) is 23.4 Å². The van der Waals surface area contributed by atoms with E-state index in [-0.39, 0.29) is 42.9 Å². The Morgan fingerprint density at radius 3 is 2.75 bits per heavy atom. The van der Waals surface area contributed by atoms with Crippen molar-refractivity contribution in [3.63, 3.8) is 0 Å². The predicted octanol–water partition coefficient (Wildman–Crippen LogP) is 4.86. The first kappa shape index (κ1) is 18.6. The van der Waals surface area contributed by atoms with Gasteiger partial charge < -0.3 is 14.6 Å². The number of halogens is 4. The molecule has 4 rings (SSSR count). The highest BCUT2D eigenvalue weighted by Gasteiger charge is 2.39. The molecule has 8 heteroatoms. The van der Waals surface area contributed by atoms with Crippen molar-refractivity contribution in [1.29, 1.82) is 0 Å². The van der Waals surface area contributed by atoms with E-state index in [0.717, 1.165) is 17.7 Å². The smallest absolute Gasteiger partial charge is 0.416 e. The highest BCUT2D eigenvalue weighted by Crippen LogP contribution is 2.44. The summed E-state index contributed by atoms with van der Waals surface area (Å²) in [5.41, 5.74) is -0.202. The summed E-state index contributed by atoms with van der Waals surface area (Å²) >= 11 is 0. The number of alkyl halides is 3. The zero-order valence-electron chi connectivity index (χ0n) is 14.6. The lowest BCUT2D eigenvalue weighted by atomic mass is 9.98. The normalized spacial score (nSPS) is 20.4. The summed E-state index contributed by atoms with van der Waals surface area (Å²) in [7, 11) is 0. The largest absolute Gasteiger partial charge is 0.492 e. The molecular weight excluding hydrogens is 380 g/mol. The maximum Gasteiger partial charge on any atom is 0.416 e. The summed E-state index contributed by atoms with van der Waals surface area (Å²) in [5.74, 6) is -1.10. The van der Waals surface area contributed by atoms with Crippen LogP contribution in [0.5, 0.6) is 11.5 Å². The van der Waals surface area contributed by atoms with Crippen LogP contribution in [0, 0.1) is 5.82 Å². The van der Waals surface area contributed by atoms with Gasteiger partial charge in [0.15, 0.2) is 0 Å². The van der Waals surface area contributed by atoms with Crippen molar-refractivity contribution in [3.05, 3.63) is 58.4 Å². The number of fused-ring (bicyclic) bond motifs is 2. The van der Waals surface area contributed by atoms with Crippen molar-refractivity contribution in [3.8, 4) is 11.5 Å². The van der Waals surface area contributed by atoms with Crippen LogP contribution in [0.1, 0.15) is 47.1 Å². The lowest BCUT2D eigenvalue weighted by Gasteiger charge is -2.18. The Kier molecular flexibility index (Phi) is 4.44. The second-order valence-electron chi connectivity index (χ2n) is 6.94. The Morgan fingerprint density at radius 2 is 2.04 bits per heavy atom. The van der Waals surface area contributed by atoms with Crippen LogP contribution >= 0.6 is 0 Å². The summed E-state index contributed by atoms with van der Waals surface area (Å²) in [4.78, 5) is 10.9. The van der Waals surface area contributed by atoms with Gasteiger partial charge >= 0.3 is 12.1 Å². The van der Waals surface area contributed by atoms with Gasteiger partial charge in [-0.3, -0.25) is 4.79 Å². The molecule has 0 radical (unpaired) electrons. The van der Waals surface area contributed by atoms with E-state index in [1.165, 1.54) is 0 Å². The Labute approximate surface area is 157 Å². The van der Waals surface area contributed by atoms with Crippen LogP contribution in [0.15, 0.2) is 30.3 Å². The summed E-state index contributed by atoms with van der Waals surface area (Å²) < 4.78 is 65.1. The first-order chi connectivity index (χ1) is 13.2. The van der Waals surface area contributed by atoms with Crippen LogP contribution in [0.2, 0.25) is 0 Å². The van der Waals surface area contributed by atoms with E-state index >= 15 is 0 Å². The van der Waals surface area contributed by atoms with E-state index in [1.54, 1.807) is 18.2 Å². The van der Waals surface area contributed by atoms with Crippen LogP contribution in [0.3, 0.4) is 0 Å². The van der Waals surface area contributed by atoms with Crippen molar-refractivity contribution < 1.29 is 36.9 Å². The zero-order valence-corrected chi connectivity index (χ0v) is 14.6. The van der Waals surface area contributed by atoms with Gasteiger partial charge in [-0.25, -0.2) is 4.39 Å². The molecule has 28 heavy (non-hydrogen) atoms. The molecule has 1 unspecified atom stereocenters. The molecule has 2 aromatic rings. The van der Waals surface area contributed by atoms with Crippen LogP contribution in [-0.4, -0.2) is 17.7 Å². The first-order valence-corrected chi connectivity index (χ1v) is 8.77. The van der Waals surface area contributed by atoms with E-state index in [0.29, 0.717) is 11.5 Å². The fourth-order valence-electron chi connectivity index (χ4n) is 3.93. The topological polar surface area (TPSA) is 55.8 Å². The van der Waals surface area contributed by atoms with Crippen molar-refractivity contribution in [2.75, 3.05) is 6.61 Å². The molecule has 0 saturated heterocycles. The van der Waals surface area contributed by atoms with Gasteiger partial charge in [-0.1, -0.05) is 6.07 Å². The van der Waals surface area contributed by atoms with Gasteiger partial charge in [0, 0.05) is 23.1 Å². The Balaban J connectivity index is 1.59. The molecule has 2 aliphatic rings. The highest BCUT2D eigenvalue weighted by molar-refractivity contribution is 5.68. The van der Waals surface area contributed by atoms with Gasteiger partial charge in [0.05, 0.1) is 18.6 Å². The lowest BCUT2D eigenvalue weighted by Crippen LogP contribution is -2.11. The maximum absolute atomic E-state index is 14.3. The average Bonchev–Trinajstić information content (AvgIpc) is 3.19. The van der Waals surface area contributed by atoms with E-state index in [9.17, 15) is 22.4 Å². The SMILES string of the molecule is O=C(O)CC1COc2cc(O[C@@H]3CCc4c(C(F)(F)F)ccc(F)c43)ccc21. The second kappa shape index (κ2) is 6.68. The summed E-state index contributed by atoms with van der Waals surface area (Å²) in [6, 6.07) is 6.45. The Morgan fingerprint density at radius 1 is 1.25 bits per heavy atom. The number of carboxylic acid groups (broad SMARTS) is 1. The minimum atomic E-state index is -4.55. The first-order valence-electron chi connectivity index (χ1n) is 8.77. The number of carbonyl (C=O) groups is 1. The lowest BCUT2D eigenvalue weighted by molar-refractivity contribution is -0.138. The number of rotatable bonds is 4. The van der Waals surface area contributed by atoms with E-state index < -0.39 is 29.6 Å². The molecule has 2 atom stereocenters. The fraction of sp³-hybridized carbons (Fsp3) is 0.350. The van der Waals surface area contributed by atoms with Gasteiger partial charge in [0.2, 0.25) is 0 Å². The quantitative estimate of drug-likeness (QED) is 0.750. The fourth-order valence-corrected chi connectivity index (χ4v) is 3.93. The Hall–Kier alpha value is -2.77. The molecule has 0 aromatic heterocycles. The monoisotopic (exact) mass is 396 g/mol. The van der Waals surface area contributed by atoms with Gasteiger partial charge in [-0.05, 0) is 36.6 Å². The van der Waals surface area contributed by atoms with E-state index in [2.05, 4.69) is 0 Å². The third kappa shape index (κ3) is 3.27. The molecule has 0 fully saturated rings. The molecule has 1 aliphatic carbocycles. The highest BCUT2D eigenvalue weighted by atomic mass is 19.4. The molecule has 0 spiro atoms. The number of benzene rings is 2. The van der Waals surface area contributed by atoms with Gasteiger partial charge in [-0.2, -0.15) is 13.2 Å².